The van der Waals surface area contributed by atoms with Gasteiger partial charge in [0.25, 0.3) is 11.8 Å². The van der Waals surface area contributed by atoms with Crippen molar-refractivity contribution < 1.29 is 14.4 Å². The Morgan fingerprint density at radius 3 is 1.90 bits per heavy atom. The van der Waals surface area contributed by atoms with E-state index in [0.717, 1.165) is 12.8 Å². The molecule has 0 unspecified atom stereocenters. The number of fused-ring (bicyclic) bond motifs is 2. The van der Waals surface area contributed by atoms with Gasteiger partial charge in [-0.05, 0) is 47.5 Å². The van der Waals surface area contributed by atoms with Gasteiger partial charge in [0.05, 0.1) is 0 Å². The van der Waals surface area contributed by atoms with Gasteiger partial charge in [0.2, 0.25) is 0 Å². The molecular weight excluding hydrogens is 390 g/mol. The van der Waals surface area contributed by atoms with Gasteiger partial charge in [-0.15, -0.1) is 0 Å². The van der Waals surface area contributed by atoms with Crippen molar-refractivity contribution >= 4 is 29.0 Å². The van der Waals surface area contributed by atoms with Gasteiger partial charge in [-0.25, -0.2) is 4.79 Å². The van der Waals surface area contributed by atoms with Crippen LogP contribution in [0.15, 0.2) is 60.7 Å². The molecule has 6 heteroatoms. The van der Waals surface area contributed by atoms with Gasteiger partial charge in [0.15, 0.2) is 5.54 Å². The minimum absolute atomic E-state index is 0.148. The van der Waals surface area contributed by atoms with E-state index in [2.05, 4.69) is 39.8 Å². The first-order chi connectivity index (χ1) is 15.1. The maximum absolute atomic E-state index is 13.0. The highest BCUT2D eigenvalue weighted by molar-refractivity contribution is 6.23. The van der Waals surface area contributed by atoms with E-state index in [-0.39, 0.29) is 17.9 Å². The summed E-state index contributed by atoms with van der Waals surface area (Å²) in [5.41, 5.74) is 3.74. The minimum atomic E-state index is -1.29. The Morgan fingerprint density at radius 2 is 1.35 bits per heavy atom. The molecule has 31 heavy (non-hydrogen) atoms. The van der Waals surface area contributed by atoms with Crippen LogP contribution >= 0.6 is 0 Å². The van der Waals surface area contributed by atoms with E-state index >= 15 is 0 Å². The maximum atomic E-state index is 13.0. The standard InChI is InChI=1S/C25H23N3O3/c29-22-25(23(30)27-24(31)26-22)14-17(18-12-7-13-28(18)25)21-19(15-8-3-1-4-9-15)20(21)16-10-5-2-6-11-16/h1-6,8-11,17-18,21H,7,12-14H2,(H2,26,27,29,30,31)/t17-,18-/m1/s1. The molecule has 0 radical (unpaired) electrons. The van der Waals surface area contributed by atoms with Crippen LogP contribution in [0.3, 0.4) is 0 Å². The fourth-order valence-electron chi connectivity index (χ4n) is 6.21. The third-order valence-corrected chi connectivity index (χ3v) is 7.45. The van der Waals surface area contributed by atoms with Crippen molar-refractivity contribution in [1.82, 2.24) is 15.5 Å². The molecule has 3 fully saturated rings. The predicted octanol–water partition coefficient (Wildman–Crippen LogP) is 2.82. The molecule has 1 spiro atoms. The Morgan fingerprint density at radius 1 is 0.806 bits per heavy atom. The van der Waals surface area contributed by atoms with Crippen molar-refractivity contribution in [2.45, 2.75) is 30.8 Å². The highest BCUT2D eigenvalue weighted by Gasteiger charge is 2.66. The lowest BCUT2D eigenvalue weighted by atomic mass is 9.81. The van der Waals surface area contributed by atoms with E-state index in [9.17, 15) is 14.4 Å². The lowest BCUT2D eigenvalue weighted by molar-refractivity contribution is -0.145. The molecule has 2 aromatic rings. The first-order valence-corrected chi connectivity index (χ1v) is 10.9. The van der Waals surface area contributed by atoms with Crippen molar-refractivity contribution in [2.24, 2.45) is 11.8 Å². The number of rotatable bonds is 3. The number of benzene rings is 2. The van der Waals surface area contributed by atoms with E-state index in [1.54, 1.807) is 0 Å². The van der Waals surface area contributed by atoms with Gasteiger partial charge in [0, 0.05) is 18.5 Å². The lowest BCUT2D eigenvalue weighted by Crippen LogP contribution is -2.71. The summed E-state index contributed by atoms with van der Waals surface area (Å²) in [7, 11) is 0. The average Bonchev–Trinajstić information content (AvgIpc) is 3.15. The van der Waals surface area contributed by atoms with Crippen LogP contribution in [-0.4, -0.2) is 40.9 Å². The zero-order valence-electron chi connectivity index (χ0n) is 17.0. The number of nitrogens with one attached hydrogen (secondary N) is 2. The molecule has 6 nitrogen and oxygen atoms in total. The van der Waals surface area contributed by atoms with E-state index < -0.39 is 23.4 Å². The Balaban J connectivity index is 1.41. The Kier molecular flexibility index (Phi) is 3.96. The van der Waals surface area contributed by atoms with Crippen LogP contribution in [-0.2, 0) is 9.59 Å². The molecule has 3 aliphatic heterocycles. The molecule has 0 bridgehead atoms. The third-order valence-electron chi connectivity index (χ3n) is 7.45. The van der Waals surface area contributed by atoms with Crippen LogP contribution in [0, 0.1) is 11.8 Å². The van der Waals surface area contributed by atoms with Gasteiger partial charge in [-0.3, -0.25) is 25.1 Å². The van der Waals surface area contributed by atoms with Crippen molar-refractivity contribution in [1.29, 1.82) is 0 Å². The van der Waals surface area contributed by atoms with Gasteiger partial charge < -0.3 is 0 Å². The number of carbonyl (C=O) groups excluding carboxylic acids is 3. The summed E-state index contributed by atoms with van der Waals surface area (Å²) in [4.78, 5) is 39.8. The smallest absolute Gasteiger partial charge is 0.278 e. The molecule has 3 saturated heterocycles. The minimum Gasteiger partial charge on any atom is -0.278 e. The van der Waals surface area contributed by atoms with Crippen LogP contribution in [0.5, 0.6) is 0 Å². The summed E-state index contributed by atoms with van der Waals surface area (Å²) in [6, 6.07) is 20.2. The lowest BCUT2D eigenvalue weighted by Gasteiger charge is -2.37. The molecule has 2 N–H and O–H groups in total. The molecule has 4 amide bonds. The largest absolute Gasteiger partial charge is 0.328 e. The van der Waals surface area contributed by atoms with Crippen molar-refractivity contribution in [2.75, 3.05) is 6.54 Å². The quantitative estimate of drug-likeness (QED) is 0.759. The Hall–Kier alpha value is -3.25. The van der Waals surface area contributed by atoms with E-state index in [1.165, 1.54) is 22.3 Å². The highest BCUT2D eigenvalue weighted by atomic mass is 16.2. The first kappa shape index (κ1) is 18.5. The zero-order valence-corrected chi connectivity index (χ0v) is 17.0. The summed E-state index contributed by atoms with van der Waals surface area (Å²) < 4.78 is 0. The summed E-state index contributed by atoms with van der Waals surface area (Å²) in [5, 5.41) is 4.71. The van der Waals surface area contributed by atoms with Crippen molar-refractivity contribution in [3.05, 3.63) is 71.8 Å². The van der Waals surface area contributed by atoms with E-state index in [0.29, 0.717) is 13.0 Å². The maximum Gasteiger partial charge on any atom is 0.328 e. The molecule has 3 heterocycles. The van der Waals surface area contributed by atoms with Gasteiger partial charge in [-0.2, -0.15) is 0 Å². The molecule has 1 aliphatic carbocycles. The van der Waals surface area contributed by atoms with Crippen LogP contribution in [0.1, 0.15) is 30.4 Å². The molecular formula is C25H23N3O3. The molecule has 0 aromatic heterocycles. The summed E-state index contributed by atoms with van der Waals surface area (Å²) >= 11 is 0. The molecule has 0 saturated carbocycles. The second-order valence-corrected chi connectivity index (χ2v) is 8.91. The number of allylic oxidation sites excluding steroid dienone is 2. The van der Waals surface area contributed by atoms with Crippen LogP contribution < -0.4 is 10.6 Å². The predicted molar refractivity (Wildman–Crippen MR) is 115 cm³/mol. The van der Waals surface area contributed by atoms with Gasteiger partial charge in [-0.1, -0.05) is 60.7 Å². The molecule has 2 aromatic carbocycles. The second kappa shape index (κ2) is 6.62. The first-order valence-electron chi connectivity index (χ1n) is 10.9. The molecule has 156 valence electrons. The van der Waals surface area contributed by atoms with Gasteiger partial charge >= 0.3 is 6.03 Å². The van der Waals surface area contributed by atoms with E-state index in [1.807, 2.05) is 36.4 Å². The highest BCUT2D eigenvalue weighted by Crippen LogP contribution is 2.62. The molecule has 6 rings (SSSR count). The second-order valence-electron chi connectivity index (χ2n) is 8.91. The number of hydrogen-bond donors (Lipinski definition) is 2. The fourth-order valence-corrected chi connectivity index (χ4v) is 6.21. The number of urea groups is 1. The van der Waals surface area contributed by atoms with Crippen molar-refractivity contribution in [3.8, 4) is 0 Å². The fraction of sp³-hybridized carbons (Fsp3) is 0.320. The number of hydrogen-bond acceptors (Lipinski definition) is 4. The summed E-state index contributed by atoms with van der Waals surface area (Å²) in [6.07, 6.45) is 2.34. The molecule has 4 aliphatic rings. The van der Waals surface area contributed by atoms with Crippen LogP contribution in [0.25, 0.3) is 11.1 Å². The van der Waals surface area contributed by atoms with Crippen molar-refractivity contribution in [3.63, 3.8) is 0 Å². The summed E-state index contributed by atoms with van der Waals surface area (Å²) in [6.45, 7) is 0.699. The Labute approximate surface area is 180 Å². The normalized spacial score (nSPS) is 27.4. The number of nitrogens with zero attached hydrogens (tertiary/aromatic N) is 1. The summed E-state index contributed by atoms with van der Waals surface area (Å²) in [5.74, 6) is -0.594. The molecule has 2 atom stereocenters. The number of barbiturate groups is 1. The van der Waals surface area contributed by atoms with E-state index in [4.69, 9.17) is 0 Å². The third kappa shape index (κ3) is 2.58. The number of imide groups is 2. The average molecular weight is 413 g/mol. The van der Waals surface area contributed by atoms with Crippen LogP contribution in [0.2, 0.25) is 0 Å². The number of carbonyl (C=O) groups is 3. The monoisotopic (exact) mass is 413 g/mol. The SMILES string of the molecule is O=C1NC(=O)C2(C[C@@H](C3C(c4ccccc4)=C3c3ccccc3)[C@H]3CCCN32)C(=O)N1. The van der Waals surface area contributed by atoms with Gasteiger partial charge in [0.1, 0.15) is 0 Å². The Bertz CT molecular complexity index is 1060. The topological polar surface area (TPSA) is 78.5 Å². The van der Waals surface area contributed by atoms with Crippen LogP contribution in [0.4, 0.5) is 4.79 Å². The zero-order chi connectivity index (χ0) is 21.2. The number of amides is 4.